The average molecular weight is 359 g/mol. The third-order valence-corrected chi connectivity index (χ3v) is 3.79. The van der Waals surface area contributed by atoms with Crippen LogP contribution in [0.1, 0.15) is 18.9 Å². The van der Waals surface area contributed by atoms with Gasteiger partial charge in [0, 0.05) is 50.6 Å². The summed E-state index contributed by atoms with van der Waals surface area (Å²) in [6.45, 7) is 7.33. The first-order valence-electron chi connectivity index (χ1n) is 7.44. The van der Waals surface area contributed by atoms with Crippen molar-refractivity contribution in [3.63, 3.8) is 0 Å². The van der Waals surface area contributed by atoms with Crippen molar-refractivity contribution in [2.24, 2.45) is 0 Å². The van der Waals surface area contributed by atoms with Crippen LogP contribution in [-0.2, 0) is 16.0 Å². The summed E-state index contributed by atoms with van der Waals surface area (Å²) in [6.07, 6.45) is 1.01. The molecule has 0 unspecified atom stereocenters. The number of halogens is 1. The van der Waals surface area contributed by atoms with E-state index in [-0.39, 0.29) is 0 Å². The lowest BCUT2D eigenvalue weighted by Crippen LogP contribution is -2.30. The van der Waals surface area contributed by atoms with E-state index in [1.807, 2.05) is 0 Å². The average Bonchev–Trinajstić information content (AvgIpc) is 2.49. The van der Waals surface area contributed by atoms with E-state index in [1.54, 1.807) is 14.2 Å². The minimum atomic E-state index is 0.722. The van der Waals surface area contributed by atoms with E-state index in [2.05, 4.69) is 51.3 Å². The molecule has 1 rings (SSSR count). The third-order valence-electron chi connectivity index (χ3n) is 3.30. The standard InChI is InChI=1S/C16H27BrN2O2/c1-4-18-13-14-6-7-15(17)12-16(14)19(9-11-21-3)8-5-10-20-2/h6-7,12,18H,4-5,8-11,13H2,1-3H3. The molecule has 1 aromatic rings. The van der Waals surface area contributed by atoms with Crippen molar-refractivity contribution in [3.05, 3.63) is 28.2 Å². The lowest BCUT2D eigenvalue weighted by atomic mass is 10.1. The van der Waals surface area contributed by atoms with Crippen molar-refractivity contribution >= 4 is 21.6 Å². The molecule has 0 aromatic heterocycles. The van der Waals surface area contributed by atoms with E-state index in [1.165, 1.54) is 11.3 Å². The Hall–Kier alpha value is -0.620. The van der Waals surface area contributed by atoms with Gasteiger partial charge in [0.1, 0.15) is 0 Å². The number of benzene rings is 1. The predicted molar refractivity (Wildman–Crippen MR) is 92.1 cm³/mol. The highest BCUT2D eigenvalue weighted by atomic mass is 79.9. The maximum atomic E-state index is 5.25. The van der Waals surface area contributed by atoms with Crippen LogP contribution in [0.15, 0.2) is 22.7 Å². The summed E-state index contributed by atoms with van der Waals surface area (Å²) in [5.41, 5.74) is 2.58. The van der Waals surface area contributed by atoms with Crippen molar-refractivity contribution in [2.45, 2.75) is 19.9 Å². The van der Waals surface area contributed by atoms with Crippen LogP contribution in [0.2, 0.25) is 0 Å². The Labute approximate surface area is 136 Å². The molecule has 5 heteroatoms. The van der Waals surface area contributed by atoms with Gasteiger partial charge < -0.3 is 19.7 Å². The van der Waals surface area contributed by atoms with Crippen molar-refractivity contribution in [3.8, 4) is 0 Å². The van der Waals surface area contributed by atoms with Gasteiger partial charge in [-0.05, 0) is 30.7 Å². The fourth-order valence-electron chi connectivity index (χ4n) is 2.19. The smallest absolute Gasteiger partial charge is 0.0637 e. The molecule has 0 spiro atoms. The second-order valence-corrected chi connectivity index (χ2v) is 5.80. The fraction of sp³-hybridized carbons (Fsp3) is 0.625. The summed E-state index contributed by atoms with van der Waals surface area (Å²) in [4.78, 5) is 2.37. The number of methoxy groups -OCH3 is 2. The minimum absolute atomic E-state index is 0.722. The molecule has 0 saturated carbocycles. The summed E-state index contributed by atoms with van der Waals surface area (Å²) >= 11 is 3.58. The molecular weight excluding hydrogens is 332 g/mol. The summed E-state index contributed by atoms with van der Waals surface area (Å²) in [5.74, 6) is 0. The summed E-state index contributed by atoms with van der Waals surface area (Å²) in [6, 6.07) is 6.47. The molecule has 0 fully saturated rings. The molecule has 0 radical (unpaired) electrons. The number of ether oxygens (including phenoxy) is 2. The largest absolute Gasteiger partial charge is 0.385 e. The van der Waals surface area contributed by atoms with E-state index >= 15 is 0 Å². The van der Waals surface area contributed by atoms with Crippen LogP contribution in [0.5, 0.6) is 0 Å². The van der Waals surface area contributed by atoms with Crippen LogP contribution in [-0.4, -0.2) is 47.1 Å². The summed E-state index contributed by atoms with van der Waals surface area (Å²) in [5, 5.41) is 3.40. The number of hydrogen-bond acceptors (Lipinski definition) is 4. The van der Waals surface area contributed by atoms with Crippen LogP contribution < -0.4 is 10.2 Å². The molecule has 0 aliphatic heterocycles. The Morgan fingerprint density at radius 2 is 1.90 bits per heavy atom. The van der Waals surface area contributed by atoms with Crippen molar-refractivity contribution < 1.29 is 9.47 Å². The third kappa shape index (κ3) is 6.78. The lowest BCUT2D eigenvalue weighted by Gasteiger charge is -2.27. The number of nitrogens with one attached hydrogen (secondary N) is 1. The number of rotatable bonds is 11. The van der Waals surface area contributed by atoms with Gasteiger partial charge in [0.25, 0.3) is 0 Å². The number of anilines is 1. The molecule has 120 valence electrons. The molecule has 0 atom stereocenters. The van der Waals surface area contributed by atoms with Crippen LogP contribution in [0.25, 0.3) is 0 Å². The van der Waals surface area contributed by atoms with Gasteiger partial charge in [-0.2, -0.15) is 0 Å². The predicted octanol–water partition coefficient (Wildman–Crippen LogP) is 3.05. The molecule has 0 saturated heterocycles. The second kappa shape index (κ2) is 11.0. The second-order valence-electron chi connectivity index (χ2n) is 4.88. The highest BCUT2D eigenvalue weighted by Crippen LogP contribution is 2.25. The van der Waals surface area contributed by atoms with Gasteiger partial charge in [-0.3, -0.25) is 0 Å². The van der Waals surface area contributed by atoms with Gasteiger partial charge in [-0.15, -0.1) is 0 Å². The lowest BCUT2D eigenvalue weighted by molar-refractivity contribution is 0.191. The Kier molecular flexibility index (Phi) is 9.67. The SMILES string of the molecule is CCNCc1ccc(Br)cc1N(CCCOC)CCOC. The van der Waals surface area contributed by atoms with Gasteiger partial charge >= 0.3 is 0 Å². The van der Waals surface area contributed by atoms with Gasteiger partial charge in [0.05, 0.1) is 6.61 Å². The first-order valence-corrected chi connectivity index (χ1v) is 8.24. The van der Waals surface area contributed by atoms with Crippen LogP contribution in [0, 0.1) is 0 Å². The Morgan fingerprint density at radius 1 is 1.14 bits per heavy atom. The van der Waals surface area contributed by atoms with Crippen LogP contribution >= 0.6 is 15.9 Å². The molecule has 4 nitrogen and oxygen atoms in total. The summed E-state index contributed by atoms with van der Waals surface area (Å²) < 4.78 is 11.5. The zero-order chi connectivity index (χ0) is 15.5. The van der Waals surface area contributed by atoms with Crippen LogP contribution in [0.3, 0.4) is 0 Å². The van der Waals surface area contributed by atoms with E-state index in [9.17, 15) is 0 Å². The van der Waals surface area contributed by atoms with Gasteiger partial charge in [-0.1, -0.05) is 28.9 Å². The van der Waals surface area contributed by atoms with Crippen molar-refractivity contribution in [1.29, 1.82) is 0 Å². The maximum absolute atomic E-state index is 5.25. The van der Waals surface area contributed by atoms with Crippen molar-refractivity contribution in [1.82, 2.24) is 5.32 Å². The van der Waals surface area contributed by atoms with Crippen LogP contribution in [0.4, 0.5) is 5.69 Å². The maximum Gasteiger partial charge on any atom is 0.0637 e. The van der Waals surface area contributed by atoms with Gasteiger partial charge in [0.15, 0.2) is 0 Å². The Bertz CT molecular complexity index is 402. The number of nitrogens with zero attached hydrogens (tertiary/aromatic N) is 1. The molecule has 0 amide bonds. The van der Waals surface area contributed by atoms with Gasteiger partial charge in [-0.25, -0.2) is 0 Å². The van der Waals surface area contributed by atoms with E-state index in [4.69, 9.17) is 9.47 Å². The molecular formula is C16H27BrN2O2. The molecule has 0 bridgehead atoms. The monoisotopic (exact) mass is 358 g/mol. The normalized spacial score (nSPS) is 10.9. The molecule has 0 heterocycles. The first-order chi connectivity index (χ1) is 10.2. The molecule has 1 aromatic carbocycles. The van der Waals surface area contributed by atoms with Gasteiger partial charge in [0.2, 0.25) is 0 Å². The highest BCUT2D eigenvalue weighted by molar-refractivity contribution is 9.10. The molecule has 0 aliphatic carbocycles. The Balaban J connectivity index is 2.88. The topological polar surface area (TPSA) is 33.7 Å². The quantitative estimate of drug-likeness (QED) is 0.616. The molecule has 21 heavy (non-hydrogen) atoms. The zero-order valence-corrected chi connectivity index (χ0v) is 14.9. The molecule has 1 N–H and O–H groups in total. The van der Waals surface area contributed by atoms with E-state index in [0.717, 1.165) is 50.3 Å². The summed E-state index contributed by atoms with van der Waals surface area (Å²) in [7, 11) is 3.49. The highest BCUT2D eigenvalue weighted by Gasteiger charge is 2.11. The molecule has 0 aliphatic rings. The zero-order valence-electron chi connectivity index (χ0n) is 13.3. The first kappa shape index (κ1) is 18.4. The Morgan fingerprint density at radius 3 is 2.57 bits per heavy atom. The fourth-order valence-corrected chi connectivity index (χ4v) is 2.54. The van der Waals surface area contributed by atoms with E-state index < -0.39 is 0 Å². The minimum Gasteiger partial charge on any atom is -0.385 e. The van der Waals surface area contributed by atoms with E-state index in [0.29, 0.717) is 0 Å². The van der Waals surface area contributed by atoms with Crippen molar-refractivity contribution in [2.75, 3.05) is 52.0 Å². The number of hydrogen-bond donors (Lipinski definition) is 1.